The van der Waals surface area contributed by atoms with Crippen molar-refractivity contribution in [2.24, 2.45) is 0 Å². The highest BCUT2D eigenvalue weighted by Crippen LogP contribution is 2.40. The largest absolute Gasteiger partial charge is 0.477 e. The molecule has 1 aromatic carbocycles. The highest BCUT2D eigenvalue weighted by Gasteiger charge is 2.43. The van der Waals surface area contributed by atoms with Gasteiger partial charge in [0.1, 0.15) is 23.9 Å². The molecule has 1 aromatic heterocycles. The summed E-state index contributed by atoms with van der Waals surface area (Å²) in [5.41, 5.74) is 2.13. The van der Waals surface area contributed by atoms with Crippen molar-refractivity contribution in [1.82, 2.24) is 4.98 Å². The molecular weight excluding hydrogens is 326 g/mol. The van der Waals surface area contributed by atoms with Crippen LogP contribution in [-0.2, 0) is 31.3 Å². The average Bonchev–Trinajstić information content (AvgIpc) is 3.24. The molecule has 1 aliphatic rings. The van der Waals surface area contributed by atoms with Crippen LogP contribution in [0.1, 0.15) is 35.6 Å². The number of rotatable bonds is 5. The molecule has 0 saturated carbocycles. The quantitative estimate of drug-likeness (QED) is 0.657. The zero-order valence-corrected chi connectivity index (χ0v) is 13.8. The van der Waals surface area contributed by atoms with E-state index < -0.39 is 11.8 Å². The number of nitrogens with zero attached hydrogens (tertiary/aromatic N) is 1. The molecule has 2 heterocycles. The summed E-state index contributed by atoms with van der Waals surface area (Å²) in [6, 6.07) is 5.47. The van der Waals surface area contributed by atoms with E-state index in [1.807, 2.05) is 13.0 Å². The first kappa shape index (κ1) is 17.1. The fourth-order valence-electron chi connectivity index (χ4n) is 2.88. The molecular formula is C18H17NO6. The minimum atomic E-state index is -1.27. The van der Waals surface area contributed by atoms with Crippen LogP contribution in [-0.4, -0.2) is 28.6 Å². The third-order valence-electron chi connectivity index (χ3n) is 4.28. The van der Waals surface area contributed by atoms with Gasteiger partial charge in [0.25, 0.3) is 5.89 Å². The van der Waals surface area contributed by atoms with Gasteiger partial charge in [-0.2, -0.15) is 0 Å². The van der Waals surface area contributed by atoms with Crippen LogP contribution in [0.2, 0.25) is 0 Å². The van der Waals surface area contributed by atoms with Crippen LogP contribution in [0.4, 0.5) is 0 Å². The molecule has 2 unspecified atom stereocenters. The van der Waals surface area contributed by atoms with Crippen LogP contribution in [0, 0.1) is 6.92 Å². The molecule has 130 valence electrons. The number of aliphatic carboxylic acids is 1. The van der Waals surface area contributed by atoms with Gasteiger partial charge in [-0.3, -0.25) is 0 Å². The van der Waals surface area contributed by atoms with Crippen LogP contribution in [0.15, 0.2) is 40.6 Å². The predicted molar refractivity (Wildman–Crippen MR) is 85.4 cm³/mol. The Labute approximate surface area is 143 Å². The van der Waals surface area contributed by atoms with Gasteiger partial charge in [-0.15, -0.1) is 0 Å². The third kappa shape index (κ3) is 3.25. The van der Waals surface area contributed by atoms with Gasteiger partial charge in [0.05, 0.1) is 12.8 Å². The molecule has 3 rings (SSSR count). The fraction of sp³-hybridized carbons (Fsp3) is 0.333. The van der Waals surface area contributed by atoms with Crippen molar-refractivity contribution in [3.63, 3.8) is 0 Å². The summed E-state index contributed by atoms with van der Waals surface area (Å²) in [4.78, 5) is 25.9. The van der Waals surface area contributed by atoms with E-state index >= 15 is 0 Å². The number of hydrogen-bond donors (Lipinski definition) is 1. The van der Waals surface area contributed by atoms with Crippen molar-refractivity contribution in [3.05, 3.63) is 58.8 Å². The Morgan fingerprint density at radius 3 is 2.92 bits per heavy atom. The predicted octanol–water partition coefficient (Wildman–Crippen LogP) is 2.33. The van der Waals surface area contributed by atoms with Crippen LogP contribution in [0.3, 0.4) is 0 Å². The topological polar surface area (TPSA) is 98.9 Å². The first-order chi connectivity index (χ1) is 11.9. The molecule has 0 bridgehead atoms. The summed E-state index contributed by atoms with van der Waals surface area (Å²) in [5.74, 6) is -0.522. The van der Waals surface area contributed by atoms with Crippen LogP contribution >= 0.6 is 0 Å². The minimum absolute atomic E-state index is 0.00307. The van der Waals surface area contributed by atoms with Gasteiger partial charge in [-0.05, 0) is 30.5 Å². The lowest BCUT2D eigenvalue weighted by atomic mass is 9.94. The zero-order valence-electron chi connectivity index (χ0n) is 13.8. The summed E-state index contributed by atoms with van der Waals surface area (Å²) < 4.78 is 17.0. The minimum Gasteiger partial charge on any atom is -0.477 e. The van der Waals surface area contributed by atoms with Crippen molar-refractivity contribution >= 4 is 11.9 Å². The molecule has 0 amide bonds. The molecule has 0 spiro atoms. The number of carbonyl (C=O) groups excluding carboxylic acids is 1. The zero-order chi connectivity index (χ0) is 18.0. The molecule has 2 aromatic rings. The summed E-state index contributed by atoms with van der Waals surface area (Å²) in [6.07, 6.45) is 2.62. The Morgan fingerprint density at radius 1 is 1.48 bits per heavy atom. The Balaban J connectivity index is 1.86. The lowest BCUT2D eigenvalue weighted by Crippen LogP contribution is -2.23. The number of ether oxygens (including phenoxy) is 2. The first-order valence-electron chi connectivity index (χ1n) is 7.72. The van der Waals surface area contributed by atoms with Gasteiger partial charge in [0.15, 0.2) is 0 Å². The molecule has 2 atom stereocenters. The van der Waals surface area contributed by atoms with E-state index in [0.29, 0.717) is 12.5 Å². The highest BCUT2D eigenvalue weighted by molar-refractivity contribution is 5.95. The highest BCUT2D eigenvalue weighted by atomic mass is 16.8. The van der Waals surface area contributed by atoms with E-state index in [1.54, 1.807) is 19.1 Å². The monoisotopic (exact) mass is 343 g/mol. The Morgan fingerprint density at radius 2 is 2.28 bits per heavy atom. The normalized spacial score (nSPS) is 22.6. The number of carbonyl (C=O) groups is 1. The van der Waals surface area contributed by atoms with Gasteiger partial charge in [-0.1, -0.05) is 18.2 Å². The number of benzene rings is 1. The van der Waals surface area contributed by atoms with E-state index in [1.165, 1.54) is 18.4 Å². The lowest BCUT2D eigenvalue weighted by molar-refractivity contribution is -0.178. The van der Waals surface area contributed by atoms with Gasteiger partial charge in [0, 0.05) is 6.42 Å². The van der Waals surface area contributed by atoms with Crippen molar-refractivity contribution < 1.29 is 28.6 Å². The molecule has 1 fully saturated rings. The van der Waals surface area contributed by atoms with E-state index in [4.69, 9.17) is 19.0 Å². The molecule has 7 heteroatoms. The van der Waals surface area contributed by atoms with Crippen molar-refractivity contribution in [3.8, 4) is 0 Å². The summed E-state index contributed by atoms with van der Waals surface area (Å²) in [7, 11) is 0. The number of carboxylic acid groups (broad SMARTS) is 1. The summed E-state index contributed by atoms with van der Waals surface area (Å²) in [5, 5.41) is 9.02. The molecule has 1 saturated heterocycles. The van der Waals surface area contributed by atoms with Crippen LogP contribution < -0.4 is 0 Å². The second kappa shape index (κ2) is 6.64. The molecule has 0 radical (unpaired) electrons. The van der Waals surface area contributed by atoms with E-state index in [9.17, 15) is 9.59 Å². The van der Waals surface area contributed by atoms with E-state index in [2.05, 4.69) is 4.98 Å². The second-order valence-corrected chi connectivity index (χ2v) is 5.89. The van der Waals surface area contributed by atoms with Crippen LogP contribution in [0.25, 0.3) is 0 Å². The molecule has 7 nitrogen and oxygen atoms in total. The molecule has 1 N–H and O–H groups in total. The summed E-state index contributed by atoms with van der Waals surface area (Å²) in [6.45, 7) is 3.90. The number of aromatic nitrogens is 1. The van der Waals surface area contributed by atoms with E-state index in [-0.39, 0.29) is 18.1 Å². The van der Waals surface area contributed by atoms with Crippen molar-refractivity contribution in [1.29, 1.82) is 0 Å². The smallest absolute Gasteiger partial charge is 0.343 e. The van der Waals surface area contributed by atoms with E-state index in [0.717, 1.165) is 16.7 Å². The van der Waals surface area contributed by atoms with Gasteiger partial charge >= 0.3 is 5.97 Å². The van der Waals surface area contributed by atoms with Gasteiger partial charge in [0.2, 0.25) is 5.79 Å². The number of oxazole rings is 1. The second-order valence-electron chi connectivity index (χ2n) is 5.89. The standard InChI is InChI=1S/C18H17NO6/c1-11-12(8-13(9-20)16(21)22)4-3-5-14(11)15-10-24-18(2,25-15)17-19-6-7-23-17/h3-7,15H,8,10H2,1-2H3,(H,21,22). The van der Waals surface area contributed by atoms with Crippen molar-refractivity contribution in [2.45, 2.75) is 32.2 Å². The Kier molecular flexibility index (Phi) is 4.55. The SMILES string of the molecule is Cc1c(CC(=C=O)C(=O)O)cccc1C1COC(C)(c2ncco2)O1. The maximum Gasteiger partial charge on any atom is 0.343 e. The third-order valence-corrected chi connectivity index (χ3v) is 4.28. The molecule has 0 aliphatic carbocycles. The van der Waals surface area contributed by atoms with Gasteiger partial charge < -0.3 is 19.0 Å². The maximum absolute atomic E-state index is 11.0. The molecule has 25 heavy (non-hydrogen) atoms. The molecule has 1 aliphatic heterocycles. The average molecular weight is 343 g/mol. The maximum atomic E-state index is 11.0. The Hall–Kier alpha value is -2.73. The number of carboxylic acids is 1. The van der Waals surface area contributed by atoms with Gasteiger partial charge in [-0.25, -0.2) is 14.6 Å². The Bertz CT molecular complexity index is 837. The first-order valence-corrected chi connectivity index (χ1v) is 7.72. The lowest BCUT2D eigenvalue weighted by Gasteiger charge is -2.20. The fourth-order valence-corrected chi connectivity index (χ4v) is 2.88. The number of hydrogen-bond acceptors (Lipinski definition) is 6. The summed E-state index contributed by atoms with van der Waals surface area (Å²) >= 11 is 0. The van der Waals surface area contributed by atoms with Crippen LogP contribution in [0.5, 0.6) is 0 Å². The van der Waals surface area contributed by atoms with Crippen molar-refractivity contribution in [2.75, 3.05) is 6.61 Å².